The Balaban J connectivity index is 2.54. The fraction of sp³-hybridized carbons (Fsp3) is 0.636. The van der Waals surface area contributed by atoms with Crippen LogP contribution in [-0.2, 0) is 4.74 Å². The van der Waals surface area contributed by atoms with Crippen LogP contribution in [0, 0.1) is 5.92 Å². The molecule has 0 spiro atoms. The minimum Gasteiger partial charge on any atom is -0.368 e. The third kappa shape index (κ3) is 2.68. The Labute approximate surface area is 79.9 Å². The molecular weight excluding hydrogens is 164 g/mol. The van der Waals surface area contributed by atoms with Crippen molar-refractivity contribution < 1.29 is 9.84 Å². The van der Waals surface area contributed by atoms with Crippen molar-refractivity contribution in [1.29, 1.82) is 0 Å². The van der Waals surface area contributed by atoms with Crippen LogP contribution >= 0.6 is 0 Å². The van der Waals surface area contributed by atoms with Crippen LogP contribution in [0.1, 0.15) is 26.7 Å². The van der Waals surface area contributed by atoms with Gasteiger partial charge in [-0.25, -0.2) is 0 Å². The average molecular weight is 182 g/mol. The summed E-state index contributed by atoms with van der Waals surface area (Å²) in [6, 6.07) is 0. The highest BCUT2D eigenvalue weighted by Crippen LogP contribution is 2.26. The van der Waals surface area contributed by atoms with Gasteiger partial charge < -0.3 is 9.84 Å². The molecule has 2 heteroatoms. The lowest BCUT2D eigenvalue weighted by atomic mass is 9.95. The summed E-state index contributed by atoms with van der Waals surface area (Å²) >= 11 is 0. The van der Waals surface area contributed by atoms with Crippen molar-refractivity contribution >= 4 is 0 Å². The van der Waals surface area contributed by atoms with Gasteiger partial charge in [0.25, 0.3) is 0 Å². The summed E-state index contributed by atoms with van der Waals surface area (Å²) in [5.41, 5.74) is 1.14. The Bertz CT molecular complexity index is 208. The fourth-order valence-electron chi connectivity index (χ4n) is 1.56. The lowest BCUT2D eigenvalue weighted by Crippen LogP contribution is -2.34. The van der Waals surface area contributed by atoms with Crippen LogP contribution in [0.2, 0.25) is 0 Å². The van der Waals surface area contributed by atoms with Gasteiger partial charge in [-0.3, -0.25) is 0 Å². The first-order valence-electron chi connectivity index (χ1n) is 4.78. The Kier molecular flexibility index (Phi) is 3.70. The molecule has 13 heavy (non-hydrogen) atoms. The molecule has 0 amide bonds. The molecule has 0 aromatic heterocycles. The maximum atomic E-state index is 9.49. The van der Waals surface area contributed by atoms with Crippen molar-refractivity contribution in [3.63, 3.8) is 0 Å². The van der Waals surface area contributed by atoms with Crippen LogP contribution in [0.4, 0.5) is 0 Å². The van der Waals surface area contributed by atoms with E-state index < -0.39 is 6.29 Å². The lowest BCUT2D eigenvalue weighted by molar-refractivity contribution is -0.179. The molecule has 1 N–H and O–H groups in total. The van der Waals surface area contributed by atoms with Crippen molar-refractivity contribution in [2.45, 2.75) is 39.1 Å². The smallest absolute Gasteiger partial charge is 0.157 e. The minimum absolute atomic E-state index is 0.0733. The summed E-state index contributed by atoms with van der Waals surface area (Å²) in [6.07, 6.45) is 5.18. The van der Waals surface area contributed by atoms with Gasteiger partial charge in [0.05, 0.1) is 6.10 Å². The lowest BCUT2D eigenvalue weighted by Gasteiger charge is -2.32. The van der Waals surface area contributed by atoms with E-state index in [2.05, 4.69) is 6.58 Å². The first-order chi connectivity index (χ1) is 6.15. The van der Waals surface area contributed by atoms with E-state index in [4.69, 9.17) is 4.74 Å². The summed E-state index contributed by atoms with van der Waals surface area (Å²) < 4.78 is 5.45. The first kappa shape index (κ1) is 10.5. The molecule has 3 atom stereocenters. The van der Waals surface area contributed by atoms with E-state index in [1.54, 1.807) is 6.08 Å². The van der Waals surface area contributed by atoms with Crippen molar-refractivity contribution in [2.24, 2.45) is 5.92 Å². The standard InChI is InChI=1S/C11H18O2/c1-4-5-8(2)10-7-6-9(3)11(12)13-10/h4-5,9-12H,1,6-7H2,2-3H3/b8-5+. The number of aliphatic hydroxyl groups excluding tert-OH is 1. The van der Waals surface area contributed by atoms with E-state index in [1.807, 2.05) is 19.9 Å². The fourth-order valence-corrected chi connectivity index (χ4v) is 1.56. The van der Waals surface area contributed by atoms with Crippen LogP contribution in [0.15, 0.2) is 24.3 Å². The van der Waals surface area contributed by atoms with Crippen LogP contribution in [0.5, 0.6) is 0 Å². The molecule has 1 saturated heterocycles. The highest BCUT2D eigenvalue weighted by atomic mass is 16.6. The quantitative estimate of drug-likeness (QED) is 0.664. The zero-order valence-electron chi connectivity index (χ0n) is 8.36. The molecule has 0 saturated carbocycles. The van der Waals surface area contributed by atoms with E-state index in [0.717, 1.165) is 18.4 Å². The highest BCUT2D eigenvalue weighted by molar-refractivity contribution is 5.13. The topological polar surface area (TPSA) is 29.5 Å². The summed E-state index contributed by atoms with van der Waals surface area (Å²) in [7, 11) is 0. The molecule has 2 nitrogen and oxygen atoms in total. The third-order valence-corrected chi connectivity index (χ3v) is 2.56. The van der Waals surface area contributed by atoms with Crippen LogP contribution in [-0.4, -0.2) is 17.5 Å². The van der Waals surface area contributed by atoms with Gasteiger partial charge in [-0.15, -0.1) is 0 Å². The van der Waals surface area contributed by atoms with E-state index >= 15 is 0 Å². The number of hydrogen-bond donors (Lipinski definition) is 1. The Morgan fingerprint density at radius 3 is 2.77 bits per heavy atom. The van der Waals surface area contributed by atoms with Gasteiger partial charge in [0.1, 0.15) is 0 Å². The Hall–Kier alpha value is -0.600. The maximum absolute atomic E-state index is 9.49. The number of allylic oxidation sites excluding steroid dienone is 2. The first-order valence-corrected chi connectivity index (χ1v) is 4.78. The number of aliphatic hydroxyl groups is 1. The molecule has 1 heterocycles. The van der Waals surface area contributed by atoms with Crippen LogP contribution in [0.3, 0.4) is 0 Å². The molecule has 74 valence electrons. The molecule has 0 aromatic rings. The van der Waals surface area contributed by atoms with Crippen molar-refractivity contribution in [2.75, 3.05) is 0 Å². The molecule has 1 fully saturated rings. The van der Waals surface area contributed by atoms with E-state index in [1.165, 1.54) is 0 Å². The average Bonchev–Trinajstić information content (AvgIpc) is 2.10. The second kappa shape index (κ2) is 4.58. The molecule has 1 aliphatic rings. The zero-order chi connectivity index (χ0) is 9.84. The van der Waals surface area contributed by atoms with Gasteiger partial charge in [-0.05, 0) is 25.3 Å². The monoisotopic (exact) mass is 182 g/mol. The van der Waals surface area contributed by atoms with Gasteiger partial charge in [0.15, 0.2) is 6.29 Å². The Morgan fingerprint density at radius 2 is 2.23 bits per heavy atom. The number of rotatable bonds is 2. The molecule has 0 radical (unpaired) electrons. The number of ether oxygens (including phenoxy) is 1. The maximum Gasteiger partial charge on any atom is 0.157 e. The molecule has 1 aliphatic heterocycles. The van der Waals surface area contributed by atoms with Crippen LogP contribution < -0.4 is 0 Å². The summed E-state index contributed by atoms with van der Waals surface area (Å²) in [4.78, 5) is 0. The highest BCUT2D eigenvalue weighted by Gasteiger charge is 2.26. The minimum atomic E-state index is -0.605. The molecule has 1 rings (SSSR count). The molecule has 0 bridgehead atoms. The van der Waals surface area contributed by atoms with E-state index in [9.17, 15) is 5.11 Å². The Morgan fingerprint density at radius 1 is 1.54 bits per heavy atom. The van der Waals surface area contributed by atoms with E-state index in [0.29, 0.717) is 0 Å². The summed E-state index contributed by atoms with van der Waals surface area (Å²) in [6.45, 7) is 7.65. The second-order valence-corrected chi connectivity index (χ2v) is 3.72. The van der Waals surface area contributed by atoms with Gasteiger partial charge in [0, 0.05) is 5.92 Å². The summed E-state index contributed by atoms with van der Waals surface area (Å²) in [5, 5.41) is 9.49. The SMILES string of the molecule is C=C/C=C(\C)C1CCC(C)C(O)O1. The predicted molar refractivity (Wildman–Crippen MR) is 53.2 cm³/mol. The molecule has 0 aromatic carbocycles. The molecule has 3 unspecified atom stereocenters. The second-order valence-electron chi connectivity index (χ2n) is 3.72. The normalized spacial score (nSPS) is 35.9. The van der Waals surface area contributed by atoms with E-state index in [-0.39, 0.29) is 12.0 Å². The van der Waals surface area contributed by atoms with Gasteiger partial charge in [-0.2, -0.15) is 0 Å². The molecule has 0 aliphatic carbocycles. The van der Waals surface area contributed by atoms with Gasteiger partial charge in [0.2, 0.25) is 0 Å². The third-order valence-electron chi connectivity index (χ3n) is 2.56. The number of hydrogen-bond acceptors (Lipinski definition) is 2. The van der Waals surface area contributed by atoms with Crippen molar-refractivity contribution in [1.82, 2.24) is 0 Å². The largest absolute Gasteiger partial charge is 0.368 e. The molecular formula is C11H18O2. The van der Waals surface area contributed by atoms with Crippen molar-refractivity contribution in [3.05, 3.63) is 24.3 Å². The summed E-state index contributed by atoms with van der Waals surface area (Å²) in [5.74, 6) is 0.257. The van der Waals surface area contributed by atoms with Crippen molar-refractivity contribution in [3.8, 4) is 0 Å². The predicted octanol–water partition coefficient (Wildman–Crippen LogP) is 2.25. The van der Waals surface area contributed by atoms with Crippen LogP contribution in [0.25, 0.3) is 0 Å². The zero-order valence-corrected chi connectivity index (χ0v) is 8.36. The van der Waals surface area contributed by atoms with Gasteiger partial charge in [-0.1, -0.05) is 25.7 Å². The van der Waals surface area contributed by atoms with Gasteiger partial charge >= 0.3 is 0 Å².